The number of aliphatic hydroxyl groups is 1. The van der Waals surface area contributed by atoms with Crippen LogP contribution in [0.4, 0.5) is 5.69 Å². The van der Waals surface area contributed by atoms with E-state index in [2.05, 4.69) is 66.6 Å². The average Bonchev–Trinajstić information content (AvgIpc) is 2.78. The first-order valence-corrected chi connectivity index (χ1v) is 11.4. The molecule has 0 saturated carbocycles. The van der Waals surface area contributed by atoms with Gasteiger partial charge < -0.3 is 15.2 Å². The standard InChI is InChI=1S/C25H36N2O2/c1-3-18-10-13-23-22(16-18)25-21(24(26-23)19-8-6-5-7-9-19)12-11-20(29-25)17-27(4-2)14-15-28/h5-8,10,13,16,19-21,24-26,28H,3-4,9,11-12,14-15,17H2,1-2H3/t19?,20-,21+,24+,25+/m1/s1. The summed E-state index contributed by atoms with van der Waals surface area (Å²) < 4.78 is 6.81. The van der Waals surface area contributed by atoms with Gasteiger partial charge in [0.25, 0.3) is 0 Å². The normalized spacial score (nSPS) is 30.7. The lowest BCUT2D eigenvalue weighted by Gasteiger charge is -2.48. The Morgan fingerprint density at radius 2 is 2.10 bits per heavy atom. The summed E-state index contributed by atoms with van der Waals surface area (Å²) in [6.07, 6.45) is 13.8. The van der Waals surface area contributed by atoms with Gasteiger partial charge in [-0.1, -0.05) is 50.3 Å². The molecule has 4 rings (SSSR count). The molecule has 0 aromatic heterocycles. The van der Waals surface area contributed by atoms with Crippen molar-refractivity contribution in [1.82, 2.24) is 4.90 Å². The highest BCUT2D eigenvalue weighted by Crippen LogP contribution is 2.48. The molecule has 1 unspecified atom stereocenters. The maximum absolute atomic E-state index is 9.35. The zero-order valence-electron chi connectivity index (χ0n) is 17.9. The van der Waals surface area contributed by atoms with E-state index in [1.165, 1.54) is 23.2 Å². The summed E-state index contributed by atoms with van der Waals surface area (Å²) in [6, 6.07) is 7.29. The summed E-state index contributed by atoms with van der Waals surface area (Å²) in [5, 5.41) is 13.2. The van der Waals surface area contributed by atoms with E-state index in [4.69, 9.17) is 4.74 Å². The fraction of sp³-hybridized carbons (Fsp3) is 0.600. The minimum atomic E-state index is 0.161. The lowest BCUT2D eigenvalue weighted by Crippen LogP contribution is -2.48. The van der Waals surface area contributed by atoms with Gasteiger partial charge in [0.15, 0.2) is 0 Å². The van der Waals surface area contributed by atoms with Gasteiger partial charge in [-0.15, -0.1) is 0 Å². The summed E-state index contributed by atoms with van der Waals surface area (Å²) in [5.41, 5.74) is 3.97. The molecule has 2 heterocycles. The number of likely N-dealkylation sites (N-methyl/N-ethyl adjacent to an activating group) is 1. The fourth-order valence-corrected chi connectivity index (χ4v) is 5.30. The van der Waals surface area contributed by atoms with Crippen LogP contribution in [-0.4, -0.2) is 48.4 Å². The van der Waals surface area contributed by atoms with Gasteiger partial charge in [-0.05, 0) is 43.9 Å². The number of aryl methyl sites for hydroxylation is 1. The number of hydrogen-bond donors (Lipinski definition) is 2. The van der Waals surface area contributed by atoms with Crippen molar-refractivity contribution in [3.8, 4) is 0 Å². The Bertz CT molecular complexity index is 744. The zero-order chi connectivity index (χ0) is 20.2. The minimum Gasteiger partial charge on any atom is -0.395 e. The van der Waals surface area contributed by atoms with Gasteiger partial charge in [-0.3, -0.25) is 4.90 Å². The van der Waals surface area contributed by atoms with Gasteiger partial charge in [-0.25, -0.2) is 0 Å². The summed E-state index contributed by atoms with van der Waals surface area (Å²) in [5.74, 6) is 1.02. The Balaban J connectivity index is 1.59. The molecule has 5 atom stereocenters. The SMILES string of the molecule is CCc1ccc2c(c1)[C@H]1O[C@@H](CN(CC)CCO)CC[C@H]1[C@H](C1C=CC=CC1)N2. The Morgan fingerprint density at radius 3 is 2.83 bits per heavy atom. The van der Waals surface area contributed by atoms with Crippen molar-refractivity contribution >= 4 is 5.69 Å². The van der Waals surface area contributed by atoms with E-state index in [1.807, 2.05) is 0 Å². The first-order valence-electron chi connectivity index (χ1n) is 11.4. The van der Waals surface area contributed by atoms with Crippen LogP contribution in [0.5, 0.6) is 0 Å². The maximum atomic E-state index is 9.35. The third-order valence-electron chi connectivity index (χ3n) is 6.96. The number of ether oxygens (including phenoxy) is 1. The predicted octanol–water partition coefficient (Wildman–Crippen LogP) is 4.33. The predicted molar refractivity (Wildman–Crippen MR) is 119 cm³/mol. The molecule has 0 radical (unpaired) electrons. The number of nitrogens with zero attached hydrogens (tertiary/aromatic N) is 1. The lowest BCUT2D eigenvalue weighted by atomic mass is 9.73. The van der Waals surface area contributed by atoms with Crippen LogP contribution in [0.2, 0.25) is 0 Å². The molecule has 4 nitrogen and oxygen atoms in total. The Morgan fingerprint density at radius 1 is 1.21 bits per heavy atom. The molecular formula is C25H36N2O2. The summed E-state index contributed by atoms with van der Waals surface area (Å²) in [4.78, 5) is 2.31. The first kappa shape index (κ1) is 20.6. The molecule has 3 aliphatic rings. The van der Waals surface area contributed by atoms with Crippen molar-refractivity contribution < 1.29 is 9.84 Å². The number of anilines is 1. The van der Waals surface area contributed by atoms with E-state index < -0.39 is 0 Å². The zero-order valence-corrected chi connectivity index (χ0v) is 17.9. The second-order valence-electron chi connectivity index (χ2n) is 8.69. The Hall–Kier alpha value is -1.62. The topological polar surface area (TPSA) is 44.7 Å². The molecule has 0 spiro atoms. The smallest absolute Gasteiger partial charge is 0.0897 e. The maximum Gasteiger partial charge on any atom is 0.0897 e. The number of allylic oxidation sites excluding steroid dienone is 3. The largest absolute Gasteiger partial charge is 0.395 e. The molecular weight excluding hydrogens is 360 g/mol. The molecule has 0 amide bonds. The number of rotatable bonds is 7. The number of hydrogen-bond acceptors (Lipinski definition) is 4. The molecule has 1 aromatic rings. The molecule has 158 valence electrons. The number of fused-ring (bicyclic) bond motifs is 3. The highest BCUT2D eigenvalue weighted by atomic mass is 16.5. The van der Waals surface area contributed by atoms with Gasteiger partial charge >= 0.3 is 0 Å². The number of benzene rings is 1. The van der Waals surface area contributed by atoms with Crippen molar-refractivity contribution in [2.24, 2.45) is 11.8 Å². The highest BCUT2D eigenvalue weighted by molar-refractivity contribution is 5.57. The van der Waals surface area contributed by atoms with Crippen LogP contribution in [0.1, 0.15) is 50.3 Å². The van der Waals surface area contributed by atoms with Crippen LogP contribution in [0.3, 0.4) is 0 Å². The molecule has 1 aromatic carbocycles. The van der Waals surface area contributed by atoms with Crippen LogP contribution < -0.4 is 5.32 Å². The fourth-order valence-electron chi connectivity index (χ4n) is 5.30. The van der Waals surface area contributed by atoms with Gasteiger partial charge in [0.05, 0.1) is 18.8 Å². The van der Waals surface area contributed by atoms with Crippen molar-refractivity contribution in [1.29, 1.82) is 0 Å². The van der Waals surface area contributed by atoms with Crippen molar-refractivity contribution in [3.05, 3.63) is 53.6 Å². The van der Waals surface area contributed by atoms with E-state index in [-0.39, 0.29) is 18.8 Å². The van der Waals surface area contributed by atoms with E-state index >= 15 is 0 Å². The first-order chi connectivity index (χ1) is 14.2. The summed E-state index contributed by atoms with van der Waals surface area (Å²) in [6.45, 7) is 7.18. The summed E-state index contributed by atoms with van der Waals surface area (Å²) >= 11 is 0. The van der Waals surface area contributed by atoms with Gasteiger partial charge in [0.2, 0.25) is 0 Å². The van der Waals surface area contributed by atoms with Gasteiger partial charge in [-0.2, -0.15) is 0 Å². The molecule has 2 N–H and O–H groups in total. The van der Waals surface area contributed by atoms with E-state index in [9.17, 15) is 5.11 Å². The number of nitrogens with one attached hydrogen (secondary N) is 1. The molecule has 4 heteroatoms. The van der Waals surface area contributed by atoms with Crippen LogP contribution in [0.25, 0.3) is 0 Å². The van der Waals surface area contributed by atoms with Crippen molar-refractivity contribution in [2.45, 2.75) is 57.8 Å². The lowest BCUT2D eigenvalue weighted by molar-refractivity contribution is -0.105. The van der Waals surface area contributed by atoms with Gasteiger partial charge in [0.1, 0.15) is 0 Å². The molecule has 1 saturated heterocycles. The second kappa shape index (κ2) is 9.46. The third-order valence-corrected chi connectivity index (χ3v) is 6.96. The third kappa shape index (κ3) is 4.45. The quantitative estimate of drug-likeness (QED) is 0.720. The van der Waals surface area contributed by atoms with Crippen LogP contribution in [0, 0.1) is 11.8 Å². The van der Waals surface area contributed by atoms with Crippen LogP contribution in [-0.2, 0) is 11.2 Å². The summed E-state index contributed by atoms with van der Waals surface area (Å²) in [7, 11) is 0. The number of aliphatic hydroxyl groups excluding tert-OH is 1. The molecule has 2 aliphatic heterocycles. The second-order valence-corrected chi connectivity index (χ2v) is 8.69. The minimum absolute atomic E-state index is 0.161. The molecule has 29 heavy (non-hydrogen) atoms. The van der Waals surface area contributed by atoms with Crippen molar-refractivity contribution in [3.63, 3.8) is 0 Å². The van der Waals surface area contributed by atoms with Gasteiger partial charge in [0, 0.05) is 42.2 Å². The van der Waals surface area contributed by atoms with E-state index in [0.29, 0.717) is 17.9 Å². The van der Waals surface area contributed by atoms with Crippen LogP contribution in [0.15, 0.2) is 42.5 Å². The van der Waals surface area contributed by atoms with Crippen LogP contribution >= 0.6 is 0 Å². The molecule has 0 bridgehead atoms. The monoisotopic (exact) mass is 396 g/mol. The molecule has 1 aliphatic carbocycles. The van der Waals surface area contributed by atoms with Crippen molar-refractivity contribution in [2.75, 3.05) is 31.6 Å². The Labute approximate surface area is 175 Å². The van der Waals surface area contributed by atoms with E-state index in [0.717, 1.165) is 38.9 Å². The average molecular weight is 397 g/mol. The molecule has 1 fully saturated rings. The highest BCUT2D eigenvalue weighted by Gasteiger charge is 2.44. The Kier molecular flexibility index (Phi) is 6.74. The van der Waals surface area contributed by atoms with E-state index in [1.54, 1.807) is 0 Å².